The zero-order chi connectivity index (χ0) is 14.4. The monoisotopic (exact) mass is 275 g/mol. The second-order valence-electron chi connectivity index (χ2n) is 5.48. The van der Waals surface area contributed by atoms with Crippen molar-refractivity contribution in [3.8, 4) is 0 Å². The van der Waals surface area contributed by atoms with Crippen LogP contribution in [0.25, 0.3) is 0 Å². The molecule has 2 rings (SSSR count). The smallest absolute Gasteiger partial charge is 0.161 e. The van der Waals surface area contributed by atoms with Crippen LogP contribution in [0.4, 0.5) is 0 Å². The molecule has 1 saturated heterocycles. The fraction of sp³-hybridized carbons (Fsp3) is 0.600. The summed E-state index contributed by atoms with van der Waals surface area (Å²) in [5.41, 5.74) is 5.44. The summed E-state index contributed by atoms with van der Waals surface area (Å²) >= 11 is 0. The molecule has 1 aromatic heterocycles. The van der Waals surface area contributed by atoms with Crippen LogP contribution >= 0.6 is 0 Å². The van der Waals surface area contributed by atoms with Gasteiger partial charge in [0.2, 0.25) is 0 Å². The van der Waals surface area contributed by atoms with Crippen LogP contribution in [-0.4, -0.2) is 49.6 Å². The van der Waals surface area contributed by atoms with E-state index in [9.17, 15) is 0 Å². The molecule has 0 aromatic carbocycles. The van der Waals surface area contributed by atoms with E-state index in [1.807, 2.05) is 18.3 Å². The summed E-state index contributed by atoms with van der Waals surface area (Å²) in [5.74, 6) is 1.57. The molecule has 1 aliphatic heterocycles. The van der Waals surface area contributed by atoms with Crippen LogP contribution in [0.2, 0.25) is 0 Å². The summed E-state index contributed by atoms with van der Waals surface area (Å²) in [6, 6.07) is 4.04. The summed E-state index contributed by atoms with van der Waals surface area (Å²) in [5, 5.41) is 5.53. The van der Waals surface area contributed by atoms with Crippen molar-refractivity contribution in [3.63, 3.8) is 0 Å². The molecule has 0 bridgehead atoms. The molecule has 0 unspecified atom stereocenters. The van der Waals surface area contributed by atoms with E-state index in [0.29, 0.717) is 0 Å². The van der Waals surface area contributed by atoms with Crippen LogP contribution in [0.1, 0.15) is 24.1 Å². The van der Waals surface area contributed by atoms with Gasteiger partial charge in [-0.25, -0.2) is 5.01 Å². The zero-order valence-corrected chi connectivity index (χ0v) is 12.7. The molecule has 1 aromatic rings. The Kier molecular flexibility index (Phi) is 5.49. The SMILES string of the molecule is CN=C(NN(C)CC1CCNCC1)c1cc(C)ccn1. The highest BCUT2D eigenvalue weighted by atomic mass is 15.5. The Bertz CT molecular complexity index is 451. The molecule has 1 aliphatic rings. The lowest BCUT2D eigenvalue weighted by molar-refractivity contribution is 0.214. The summed E-state index contributed by atoms with van der Waals surface area (Å²) in [6.45, 7) is 5.36. The van der Waals surface area contributed by atoms with E-state index in [-0.39, 0.29) is 0 Å². The number of nitrogens with one attached hydrogen (secondary N) is 2. The number of piperidine rings is 1. The average molecular weight is 275 g/mol. The maximum Gasteiger partial charge on any atom is 0.161 e. The van der Waals surface area contributed by atoms with Crippen molar-refractivity contribution in [1.29, 1.82) is 0 Å². The first-order chi connectivity index (χ1) is 9.69. The minimum absolute atomic E-state index is 0.748. The number of amidine groups is 1. The van der Waals surface area contributed by atoms with Gasteiger partial charge < -0.3 is 10.7 Å². The maximum absolute atomic E-state index is 4.38. The van der Waals surface area contributed by atoms with Gasteiger partial charge in [0.1, 0.15) is 5.69 Å². The quantitative estimate of drug-likeness (QED) is 0.492. The number of hydrazine groups is 1. The van der Waals surface area contributed by atoms with E-state index >= 15 is 0 Å². The lowest BCUT2D eigenvalue weighted by Gasteiger charge is -2.28. The van der Waals surface area contributed by atoms with Crippen molar-refractivity contribution in [2.24, 2.45) is 10.9 Å². The van der Waals surface area contributed by atoms with Gasteiger partial charge in [-0.1, -0.05) is 0 Å². The van der Waals surface area contributed by atoms with Gasteiger partial charge in [-0.3, -0.25) is 9.98 Å². The predicted molar refractivity (Wildman–Crippen MR) is 82.8 cm³/mol. The summed E-state index contributed by atoms with van der Waals surface area (Å²) in [6.07, 6.45) is 4.31. The molecule has 0 atom stereocenters. The zero-order valence-electron chi connectivity index (χ0n) is 12.7. The third kappa shape index (κ3) is 4.28. The molecule has 0 radical (unpaired) electrons. The number of aliphatic imine (C=N–C) groups is 1. The number of hydrogen-bond acceptors (Lipinski definition) is 4. The van der Waals surface area contributed by atoms with E-state index in [0.717, 1.165) is 37.1 Å². The highest BCUT2D eigenvalue weighted by molar-refractivity contribution is 5.96. The van der Waals surface area contributed by atoms with Crippen molar-refractivity contribution in [3.05, 3.63) is 29.6 Å². The Labute approximate surface area is 121 Å². The van der Waals surface area contributed by atoms with Crippen molar-refractivity contribution in [2.45, 2.75) is 19.8 Å². The van der Waals surface area contributed by atoms with E-state index in [2.05, 4.69) is 39.7 Å². The lowest BCUT2D eigenvalue weighted by Crippen LogP contribution is -2.44. The van der Waals surface area contributed by atoms with Gasteiger partial charge in [0.05, 0.1) is 0 Å². The largest absolute Gasteiger partial charge is 0.317 e. The van der Waals surface area contributed by atoms with Crippen LogP contribution in [0.15, 0.2) is 23.3 Å². The van der Waals surface area contributed by atoms with Gasteiger partial charge in [-0.2, -0.15) is 0 Å². The molecule has 20 heavy (non-hydrogen) atoms. The van der Waals surface area contributed by atoms with Crippen molar-refractivity contribution in [1.82, 2.24) is 20.7 Å². The Hall–Kier alpha value is -1.46. The number of rotatable bonds is 4. The van der Waals surface area contributed by atoms with E-state index in [1.54, 1.807) is 7.05 Å². The minimum atomic E-state index is 0.748. The van der Waals surface area contributed by atoms with Crippen LogP contribution in [0, 0.1) is 12.8 Å². The van der Waals surface area contributed by atoms with E-state index < -0.39 is 0 Å². The first kappa shape index (κ1) is 14.9. The standard InChI is InChI=1S/C15H25N5/c1-12-4-9-18-14(10-12)15(16-2)19-20(3)11-13-5-7-17-8-6-13/h4,9-10,13,17H,5-8,11H2,1-3H3,(H,16,19). The third-order valence-corrected chi connectivity index (χ3v) is 3.67. The highest BCUT2D eigenvalue weighted by Gasteiger charge is 2.16. The van der Waals surface area contributed by atoms with Crippen LogP contribution in [-0.2, 0) is 0 Å². The molecule has 5 heteroatoms. The van der Waals surface area contributed by atoms with Crippen molar-refractivity contribution in [2.75, 3.05) is 33.7 Å². The fourth-order valence-corrected chi connectivity index (χ4v) is 2.57. The van der Waals surface area contributed by atoms with Crippen LogP contribution < -0.4 is 10.7 Å². The lowest BCUT2D eigenvalue weighted by atomic mass is 9.98. The Balaban J connectivity index is 1.92. The second kappa shape index (κ2) is 7.36. The van der Waals surface area contributed by atoms with Crippen molar-refractivity contribution >= 4 is 5.84 Å². The molecule has 110 valence electrons. The number of nitrogens with zero attached hydrogens (tertiary/aromatic N) is 3. The van der Waals surface area contributed by atoms with Gasteiger partial charge in [0, 0.05) is 26.8 Å². The fourth-order valence-electron chi connectivity index (χ4n) is 2.57. The second-order valence-corrected chi connectivity index (χ2v) is 5.48. The predicted octanol–water partition coefficient (Wildman–Crippen LogP) is 1.20. The number of hydrogen-bond donors (Lipinski definition) is 2. The third-order valence-electron chi connectivity index (χ3n) is 3.67. The van der Waals surface area contributed by atoms with Crippen molar-refractivity contribution < 1.29 is 0 Å². The van der Waals surface area contributed by atoms with Crippen LogP contribution in [0.3, 0.4) is 0 Å². The number of aryl methyl sites for hydroxylation is 1. The Morgan fingerprint density at radius 1 is 1.50 bits per heavy atom. The van der Waals surface area contributed by atoms with Gasteiger partial charge in [-0.05, 0) is 56.5 Å². The summed E-state index contributed by atoms with van der Waals surface area (Å²) < 4.78 is 0. The average Bonchev–Trinajstić information content (AvgIpc) is 2.46. The highest BCUT2D eigenvalue weighted by Crippen LogP contribution is 2.12. The molecule has 0 aliphatic carbocycles. The molecule has 2 heterocycles. The first-order valence-corrected chi connectivity index (χ1v) is 7.27. The topological polar surface area (TPSA) is 52.6 Å². The normalized spacial score (nSPS) is 17.5. The first-order valence-electron chi connectivity index (χ1n) is 7.27. The molecule has 2 N–H and O–H groups in total. The van der Waals surface area contributed by atoms with Gasteiger partial charge in [-0.15, -0.1) is 0 Å². The molecule has 5 nitrogen and oxygen atoms in total. The van der Waals surface area contributed by atoms with Crippen LogP contribution in [0.5, 0.6) is 0 Å². The molecular formula is C15H25N5. The number of aromatic nitrogens is 1. The van der Waals surface area contributed by atoms with E-state index in [1.165, 1.54) is 18.4 Å². The van der Waals surface area contributed by atoms with Gasteiger partial charge >= 0.3 is 0 Å². The molecule has 0 amide bonds. The molecule has 1 fully saturated rings. The van der Waals surface area contributed by atoms with Gasteiger partial charge in [0.15, 0.2) is 5.84 Å². The Morgan fingerprint density at radius 3 is 2.90 bits per heavy atom. The van der Waals surface area contributed by atoms with Gasteiger partial charge in [0.25, 0.3) is 0 Å². The molecule has 0 saturated carbocycles. The molecule has 0 spiro atoms. The summed E-state index contributed by atoms with van der Waals surface area (Å²) in [4.78, 5) is 8.70. The Morgan fingerprint density at radius 2 is 2.25 bits per heavy atom. The van der Waals surface area contributed by atoms with E-state index in [4.69, 9.17) is 0 Å². The summed E-state index contributed by atoms with van der Waals surface area (Å²) in [7, 11) is 3.87. The maximum atomic E-state index is 4.38. The minimum Gasteiger partial charge on any atom is -0.317 e. The number of pyridine rings is 1. The molecular weight excluding hydrogens is 250 g/mol.